The summed E-state index contributed by atoms with van der Waals surface area (Å²) in [5, 5.41) is 3.66. The van der Waals surface area contributed by atoms with Crippen LogP contribution in [0.25, 0.3) is 0 Å². The molecule has 2 nitrogen and oxygen atoms in total. The molecule has 2 aliphatic rings. The van der Waals surface area contributed by atoms with E-state index in [-0.39, 0.29) is 0 Å². The van der Waals surface area contributed by atoms with E-state index in [9.17, 15) is 0 Å². The Morgan fingerprint density at radius 2 is 1.90 bits per heavy atom. The number of rotatable bonds is 4. The summed E-state index contributed by atoms with van der Waals surface area (Å²) in [5.41, 5.74) is 2.93. The van der Waals surface area contributed by atoms with Crippen molar-refractivity contribution < 1.29 is 0 Å². The summed E-state index contributed by atoms with van der Waals surface area (Å²) in [5.74, 6) is 0.618. The van der Waals surface area contributed by atoms with Crippen molar-refractivity contribution in [3.63, 3.8) is 0 Å². The molecule has 1 aromatic carbocycles. The average molecular weight is 272 g/mol. The quantitative estimate of drug-likeness (QED) is 0.893. The van der Waals surface area contributed by atoms with Crippen molar-refractivity contribution in [2.24, 2.45) is 0 Å². The first-order chi connectivity index (χ1) is 9.69. The van der Waals surface area contributed by atoms with Gasteiger partial charge in [-0.2, -0.15) is 0 Å². The molecule has 0 spiro atoms. The molecule has 0 radical (unpaired) electrons. The number of benzene rings is 1. The second kappa shape index (κ2) is 5.77. The van der Waals surface area contributed by atoms with Gasteiger partial charge in [0, 0.05) is 23.8 Å². The lowest BCUT2D eigenvalue weighted by Crippen LogP contribution is -2.49. The highest BCUT2D eigenvalue weighted by Crippen LogP contribution is 2.39. The van der Waals surface area contributed by atoms with Gasteiger partial charge in [-0.15, -0.1) is 0 Å². The topological polar surface area (TPSA) is 15.3 Å². The van der Waals surface area contributed by atoms with Gasteiger partial charge in [-0.25, -0.2) is 0 Å². The number of fused-ring (bicyclic) bond motifs is 2. The standard InChI is InChI=1S/C18H28N2/c1-4-19-15-11-17-8-9-18(12-15)20(17)16-7-5-6-14(10-16)13(2)3/h5-7,10,13,15,17-19H,4,8-9,11-12H2,1-3H3. The molecule has 2 heterocycles. The van der Waals surface area contributed by atoms with Crippen LogP contribution in [0.5, 0.6) is 0 Å². The minimum atomic E-state index is 0.618. The van der Waals surface area contributed by atoms with Gasteiger partial charge < -0.3 is 10.2 Å². The highest BCUT2D eigenvalue weighted by Gasteiger charge is 2.40. The molecule has 0 aliphatic carbocycles. The van der Waals surface area contributed by atoms with Gasteiger partial charge in [0.1, 0.15) is 0 Å². The molecule has 0 aromatic heterocycles. The normalized spacial score (nSPS) is 29.2. The molecular formula is C18H28N2. The lowest BCUT2D eigenvalue weighted by molar-refractivity contribution is 0.361. The summed E-state index contributed by atoms with van der Waals surface area (Å²) in [6, 6.07) is 11.5. The molecule has 2 fully saturated rings. The van der Waals surface area contributed by atoms with E-state index in [1.54, 1.807) is 0 Å². The van der Waals surface area contributed by atoms with E-state index in [2.05, 4.69) is 55.3 Å². The Bertz CT molecular complexity index is 440. The van der Waals surface area contributed by atoms with Crippen molar-refractivity contribution in [3.8, 4) is 0 Å². The van der Waals surface area contributed by atoms with Gasteiger partial charge in [0.25, 0.3) is 0 Å². The number of nitrogens with zero attached hydrogens (tertiary/aromatic N) is 1. The van der Waals surface area contributed by atoms with Crippen molar-refractivity contribution in [3.05, 3.63) is 29.8 Å². The van der Waals surface area contributed by atoms with Crippen LogP contribution in [0.15, 0.2) is 24.3 Å². The summed E-state index contributed by atoms with van der Waals surface area (Å²) in [4.78, 5) is 2.72. The molecule has 2 atom stereocenters. The van der Waals surface area contributed by atoms with E-state index in [1.807, 2.05) is 0 Å². The zero-order chi connectivity index (χ0) is 14.1. The van der Waals surface area contributed by atoms with Crippen LogP contribution in [0.1, 0.15) is 57.9 Å². The number of hydrogen-bond donors (Lipinski definition) is 1. The first kappa shape index (κ1) is 13.9. The fourth-order valence-electron chi connectivity index (χ4n) is 4.10. The smallest absolute Gasteiger partial charge is 0.0374 e. The first-order valence-corrected chi connectivity index (χ1v) is 8.30. The molecule has 1 aromatic rings. The highest BCUT2D eigenvalue weighted by molar-refractivity contribution is 5.53. The zero-order valence-electron chi connectivity index (χ0n) is 13.1. The van der Waals surface area contributed by atoms with Crippen molar-refractivity contribution in [1.82, 2.24) is 5.32 Å². The van der Waals surface area contributed by atoms with Gasteiger partial charge in [-0.3, -0.25) is 0 Å². The van der Waals surface area contributed by atoms with Gasteiger partial charge >= 0.3 is 0 Å². The number of nitrogens with one attached hydrogen (secondary N) is 1. The Kier molecular flexibility index (Phi) is 4.02. The molecule has 2 bridgehead atoms. The predicted molar refractivity (Wildman–Crippen MR) is 86.5 cm³/mol. The minimum absolute atomic E-state index is 0.618. The monoisotopic (exact) mass is 272 g/mol. The summed E-state index contributed by atoms with van der Waals surface area (Å²) >= 11 is 0. The minimum Gasteiger partial charge on any atom is -0.365 e. The SMILES string of the molecule is CCNC1CC2CCC(C1)N2c1cccc(C(C)C)c1. The van der Waals surface area contributed by atoms with E-state index < -0.39 is 0 Å². The third-order valence-electron chi connectivity index (χ3n) is 5.06. The second-order valence-electron chi connectivity index (χ2n) is 6.77. The molecule has 3 rings (SSSR count). The average Bonchev–Trinajstić information content (AvgIpc) is 2.71. The van der Waals surface area contributed by atoms with Crippen LogP contribution < -0.4 is 10.2 Å². The molecule has 2 saturated heterocycles. The molecular weight excluding hydrogens is 244 g/mol. The molecule has 110 valence electrons. The largest absolute Gasteiger partial charge is 0.365 e. The van der Waals surface area contributed by atoms with Crippen LogP contribution in [0, 0.1) is 0 Å². The van der Waals surface area contributed by atoms with Gasteiger partial charge in [0.2, 0.25) is 0 Å². The maximum atomic E-state index is 3.66. The van der Waals surface area contributed by atoms with Gasteiger partial charge in [-0.1, -0.05) is 32.9 Å². The van der Waals surface area contributed by atoms with E-state index in [1.165, 1.54) is 36.9 Å². The maximum absolute atomic E-state index is 3.66. The van der Waals surface area contributed by atoms with Gasteiger partial charge in [0.15, 0.2) is 0 Å². The Labute approximate surface area is 123 Å². The molecule has 0 amide bonds. The van der Waals surface area contributed by atoms with Crippen molar-refractivity contribution >= 4 is 5.69 Å². The zero-order valence-corrected chi connectivity index (χ0v) is 13.1. The molecule has 2 heteroatoms. The number of anilines is 1. The van der Waals surface area contributed by atoms with Gasteiger partial charge in [-0.05, 0) is 55.8 Å². The predicted octanol–water partition coefficient (Wildman–Crippen LogP) is 3.92. The number of hydrogen-bond acceptors (Lipinski definition) is 2. The summed E-state index contributed by atoms with van der Waals surface area (Å²) in [6.07, 6.45) is 5.38. The molecule has 0 saturated carbocycles. The molecule has 1 N–H and O–H groups in total. The summed E-state index contributed by atoms with van der Waals surface area (Å²) in [7, 11) is 0. The Morgan fingerprint density at radius 3 is 2.50 bits per heavy atom. The van der Waals surface area contributed by atoms with E-state index in [4.69, 9.17) is 0 Å². The second-order valence-corrected chi connectivity index (χ2v) is 6.77. The fraction of sp³-hybridized carbons (Fsp3) is 0.667. The lowest BCUT2D eigenvalue weighted by Gasteiger charge is -2.41. The number of piperidine rings is 1. The van der Waals surface area contributed by atoms with Crippen molar-refractivity contribution in [2.75, 3.05) is 11.4 Å². The summed E-state index contributed by atoms with van der Waals surface area (Å²) < 4.78 is 0. The van der Waals surface area contributed by atoms with E-state index in [0.29, 0.717) is 5.92 Å². The molecule has 2 unspecified atom stereocenters. The Morgan fingerprint density at radius 1 is 1.20 bits per heavy atom. The first-order valence-electron chi connectivity index (χ1n) is 8.30. The fourth-order valence-corrected chi connectivity index (χ4v) is 4.10. The van der Waals surface area contributed by atoms with Crippen LogP contribution in [-0.2, 0) is 0 Å². The lowest BCUT2D eigenvalue weighted by atomic mass is 9.95. The van der Waals surface area contributed by atoms with Gasteiger partial charge in [0.05, 0.1) is 0 Å². The molecule has 20 heavy (non-hydrogen) atoms. The van der Waals surface area contributed by atoms with Crippen LogP contribution in [-0.4, -0.2) is 24.7 Å². The van der Waals surface area contributed by atoms with Crippen LogP contribution in [0.4, 0.5) is 5.69 Å². The van der Waals surface area contributed by atoms with Crippen LogP contribution in [0.2, 0.25) is 0 Å². The summed E-state index contributed by atoms with van der Waals surface area (Å²) in [6.45, 7) is 7.89. The van der Waals surface area contributed by atoms with Crippen molar-refractivity contribution in [2.45, 2.75) is 70.5 Å². The Hall–Kier alpha value is -1.02. The highest BCUT2D eigenvalue weighted by atomic mass is 15.2. The Balaban J connectivity index is 1.80. The van der Waals surface area contributed by atoms with Crippen LogP contribution >= 0.6 is 0 Å². The van der Waals surface area contributed by atoms with Crippen molar-refractivity contribution in [1.29, 1.82) is 0 Å². The van der Waals surface area contributed by atoms with E-state index >= 15 is 0 Å². The maximum Gasteiger partial charge on any atom is 0.0374 e. The van der Waals surface area contributed by atoms with Crippen LogP contribution in [0.3, 0.4) is 0 Å². The van der Waals surface area contributed by atoms with E-state index in [0.717, 1.165) is 24.7 Å². The third kappa shape index (κ3) is 2.58. The third-order valence-corrected chi connectivity index (χ3v) is 5.06. The molecule has 2 aliphatic heterocycles.